The summed E-state index contributed by atoms with van der Waals surface area (Å²) >= 11 is 0. The largest absolute Gasteiger partial charge is 0.343 e. The number of nitrogens with zero attached hydrogens (tertiary/aromatic N) is 2. The Bertz CT molecular complexity index is 386. The van der Waals surface area contributed by atoms with E-state index < -0.39 is 0 Å². The molecule has 0 aromatic heterocycles. The van der Waals surface area contributed by atoms with Gasteiger partial charge in [0.25, 0.3) is 0 Å². The molecule has 3 unspecified atom stereocenters. The molecule has 5 heteroatoms. The number of rotatable bonds is 5. The molecule has 2 saturated heterocycles. The van der Waals surface area contributed by atoms with Crippen LogP contribution in [0, 0.1) is 0 Å². The zero-order chi connectivity index (χ0) is 15.4. The van der Waals surface area contributed by atoms with Gasteiger partial charge in [0.15, 0.2) is 0 Å². The monoisotopic (exact) mass is 295 g/mol. The summed E-state index contributed by atoms with van der Waals surface area (Å²) in [4.78, 5) is 29.2. The van der Waals surface area contributed by atoms with E-state index in [1.165, 1.54) is 12.8 Å². The molecule has 2 aliphatic rings. The summed E-state index contributed by atoms with van der Waals surface area (Å²) in [5.74, 6) is 0.135. The lowest BCUT2D eigenvalue weighted by molar-refractivity contribution is -0.150. The van der Waals surface area contributed by atoms with Gasteiger partial charge in [-0.1, -0.05) is 26.7 Å². The van der Waals surface area contributed by atoms with Crippen molar-refractivity contribution in [2.24, 2.45) is 0 Å². The van der Waals surface area contributed by atoms with Crippen molar-refractivity contribution in [2.45, 2.75) is 70.5 Å². The molecule has 2 rings (SSSR count). The predicted octanol–water partition coefficient (Wildman–Crippen LogP) is 1.38. The lowest BCUT2D eigenvalue weighted by Crippen LogP contribution is -2.65. The van der Waals surface area contributed by atoms with Crippen molar-refractivity contribution >= 4 is 11.8 Å². The first-order valence-corrected chi connectivity index (χ1v) is 8.39. The number of carbonyl (C=O) groups excluding carboxylic acids is 2. The van der Waals surface area contributed by atoms with Crippen molar-refractivity contribution in [3.05, 3.63) is 0 Å². The minimum atomic E-state index is -0.320. The van der Waals surface area contributed by atoms with E-state index in [4.69, 9.17) is 0 Å². The van der Waals surface area contributed by atoms with Crippen LogP contribution in [-0.2, 0) is 9.59 Å². The van der Waals surface area contributed by atoms with Crippen molar-refractivity contribution in [1.29, 1.82) is 0 Å². The van der Waals surface area contributed by atoms with Crippen molar-refractivity contribution in [3.8, 4) is 0 Å². The van der Waals surface area contributed by atoms with E-state index in [1.54, 1.807) is 0 Å². The molecule has 0 bridgehead atoms. The van der Waals surface area contributed by atoms with Crippen LogP contribution in [0.2, 0.25) is 0 Å². The Labute approximate surface area is 128 Å². The summed E-state index contributed by atoms with van der Waals surface area (Å²) in [5, 5.41) is 2.90. The second-order valence-corrected chi connectivity index (χ2v) is 6.39. The highest BCUT2D eigenvalue weighted by Gasteiger charge is 2.40. The van der Waals surface area contributed by atoms with Crippen molar-refractivity contribution < 1.29 is 9.59 Å². The SMILES string of the molecule is CCCC1NC(=O)C(CC)N(CC2CCCCN2C)C1=O. The van der Waals surface area contributed by atoms with Crippen LogP contribution in [0.25, 0.3) is 0 Å². The number of likely N-dealkylation sites (N-methyl/N-ethyl adjacent to an activating group) is 1. The van der Waals surface area contributed by atoms with Gasteiger partial charge in [0.2, 0.25) is 11.8 Å². The van der Waals surface area contributed by atoms with E-state index >= 15 is 0 Å². The quantitative estimate of drug-likeness (QED) is 0.833. The fourth-order valence-electron chi connectivity index (χ4n) is 3.53. The van der Waals surface area contributed by atoms with Crippen molar-refractivity contribution in [2.75, 3.05) is 20.1 Å². The molecule has 1 N–H and O–H groups in total. The van der Waals surface area contributed by atoms with E-state index in [0.29, 0.717) is 19.0 Å². The summed E-state index contributed by atoms with van der Waals surface area (Å²) < 4.78 is 0. The molecule has 0 spiro atoms. The minimum Gasteiger partial charge on any atom is -0.343 e. The topological polar surface area (TPSA) is 52.7 Å². The number of likely N-dealkylation sites (tertiary alicyclic amines) is 1. The number of amides is 2. The number of piperazine rings is 1. The lowest BCUT2D eigenvalue weighted by atomic mass is 9.98. The van der Waals surface area contributed by atoms with Crippen LogP contribution in [-0.4, -0.2) is 59.9 Å². The smallest absolute Gasteiger partial charge is 0.245 e. The molecular formula is C16H29N3O2. The van der Waals surface area contributed by atoms with E-state index in [2.05, 4.69) is 17.3 Å². The molecule has 0 aromatic carbocycles. The van der Waals surface area contributed by atoms with Gasteiger partial charge in [0, 0.05) is 12.6 Å². The number of piperidine rings is 1. The molecule has 21 heavy (non-hydrogen) atoms. The molecule has 120 valence electrons. The Morgan fingerprint density at radius 3 is 2.62 bits per heavy atom. The normalized spacial score (nSPS) is 31.4. The standard InChI is InChI=1S/C16H29N3O2/c1-4-8-13-16(21)19(14(5-2)15(20)17-13)11-12-9-6-7-10-18(12)3/h12-14H,4-11H2,1-3H3,(H,17,20). The molecule has 2 fully saturated rings. The zero-order valence-corrected chi connectivity index (χ0v) is 13.6. The summed E-state index contributed by atoms with van der Waals surface area (Å²) in [5.41, 5.74) is 0. The minimum absolute atomic E-state index is 0.0222. The van der Waals surface area contributed by atoms with Crippen LogP contribution in [0.5, 0.6) is 0 Å². The number of hydrogen-bond donors (Lipinski definition) is 1. The molecule has 2 aliphatic heterocycles. The van der Waals surface area contributed by atoms with Crippen molar-refractivity contribution in [3.63, 3.8) is 0 Å². The molecule has 0 aromatic rings. The Kier molecular flexibility index (Phi) is 5.62. The highest BCUT2D eigenvalue weighted by molar-refractivity contribution is 5.96. The van der Waals surface area contributed by atoms with Gasteiger partial charge in [-0.25, -0.2) is 0 Å². The molecule has 2 heterocycles. The highest BCUT2D eigenvalue weighted by Crippen LogP contribution is 2.21. The van der Waals surface area contributed by atoms with E-state index in [0.717, 1.165) is 25.8 Å². The maximum Gasteiger partial charge on any atom is 0.245 e. The first kappa shape index (κ1) is 16.3. The average molecular weight is 295 g/mol. The Morgan fingerprint density at radius 2 is 2.00 bits per heavy atom. The number of hydrogen-bond acceptors (Lipinski definition) is 3. The van der Waals surface area contributed by atoms with Crippen LogP contribution in [0.4, 0.5) is 0 Å². The van der Waals surface area contributed by atoms with Crippen LogP contribution >= 0.6 is 0 Å². The van der Waals surface area contributed by atoms with Crippen LogP contribution in [0.3, 0.4) is 0 Å². The first-order chi connectivity index (χ1) is 10.1. The summed E-state index contributed by atoms with van der Waals surface area (Å²) in [6, 6.07) is -0.218. The van der Waals surface area contributed by atoms with Gasteiger partial charge in [-0.15, -0.1) is 0 Å². The van der Waals surface area contributed by atoms with E-state index in [1.807, 2.05) is 18.7 Å². The lowest BCUT2D eigenvalue weighted by Gasteiger charge is -2.43. The van der Waals surface area contributed by atoms with E-state index in [9.17, 15) is 9.59 Å². The maximum atomic E-state index is 12.7. The average Bonchev–Trinajstić information content (AvgIpc) is 2.46. The Hall–Kier alpha value is -1.10. The third kappa shape index (κ3) is 3.57. The van der Waals surface area contributed by atoms with Gasteiger partial charge in [-0.05, 0) is 39.3 Å². The third-order valence-corrected chi connectivity index (χ3v) is 4.87. The van der Waals surface area contributed by atoms with Crippen LogP contribution in [0.15, 0.2) is 0 Å². The summed E-state index contributed by atoms with van der Waals surface area (Å²) in [7, 11) is 2.13. The van der Waals surface area contributed by atoms with Gasteiger partial charge >= 0.3 is 0 Å². The second-order valence-electron chi connectivity index (χ2n) is 6.39. The summed E-state index contributed by atoms with van der Waals surface area (Å²) in [6.07, 6.45) is 5.90. The molecule has 0 radical (unpaired) electrons. The first-order valence-electron chi connectivity index (χ1n) is 8.39. The molecular weight excluding hydrogens is 266 g/mol. The van der Waals surface area contributed by atoms with Crippen LogP contribution < -0.4 is 5.32 Å². The number of nitrogens with one attached hydrogen (secondary N) is 1. The number of carbonyl (C=O) groups is 2. The third-order valence-electron chi connectivity index (χ3n) is 4.87. The second kappa shape index (κ2) is 7.25. The molecule has 3 atom stereocenters. The zero-order valence-electron chi connectivity index (χ0n) is 13.6. The Balaban J connectivity index is 2.11. The van der Waals surface area contributed by atoms with Gasteiger partial charge in [-0.2, -0.15) is 0 Å². The molecule has 0 saturated carbocycles. The van der Waals surface area contributed by atoms with Crippen molar-refractivity contribution in [1.82, 2.24) is 15.1 Å². The fourth-order valence-corrected chi connectivity index (χ4v) is 3.53. The van der Waals surface area contributed by atoms with Gasteiger partial charge in [0.05, 0.1) is 0 Å². The Morgan fingerprint density at radius 1 is 1.24 bits per heavy atom. The van der Waals surface area contributed by atoms with Crippen LogP contribution in [0.1, 0.15) is 52.4 Å². The predicted molar refractivity (Wildman–Crippen MR) is 82.9 cm³/mol. The highest BCUT2D eigenvalue weighted by atomic mass is 16.2. The molecule has 0 aliphatic carbocycles. The van der Waals surface area contributed by atoms with Gasteiger partial charge in [0.1, 0.15) is 12.1 Å². The van der Waals surface area contributed by atoms with Gasteiger partial charge in [-0.3, -0.25) is 9.59 Å². The molecule has 2 amide bonds. The van der Waals surface area contributed by atoms with E-state index in [-0.39, 0.29) is 23.9 Å². The molecule has 5 nitrogen and oxygen atoms in total. The van der Waals surface area contributed by atoms with Gasteiger partial charge < -0.3 is 15.1 Å². The summed E-state index contributed by atoms with van der Waals surface area (Å²) in [6.45, 7) is 5.81. The maximum absolute atomic E-state index is 12.7. The fraction of sp³-hybridized carbons (Fsp3) is 0.875.